The Morgan fingerprint density at radius 1 is 0.783 bits per heavy atom. The number of nitrogens with zero attached hydrogens (tertiary/aromatic N) is 4. The number of likely N-dealkylation sites (tertiary alicyclic amines) is 2. The minimum absolute atomic E-state index is 0.0754. The monoisotopic (exact) mass is 688 g/mol. The van der Waals surface area contributed by atoms with Crippen LogP contribution < -0.4 is 0 Å². The van der Waals surface area contributed by atoms with Crippen LogP contribution in [0.5, 0.6) is 0 Å². The van der Waals surface area contributed by atoms with E-state index in [0.717, 1.165) is 63.8 Å². The number of hydrogen-bond acceptors (Lipinski definition) is 8. The first-order valence-electron chi connectivity index (χ1n) is 13.2. The van der Waals surface area contributed by atoms with E-state index in [1.54, 1.807) is 0 Å². The van der Waals surface area contributed by atoms with Gasteiger partial charge in [0.05, 0.1) is 12.6 Å². The van der Waals surface area contributed by atoms with Crippen LogP contribution in [0.25, 0.3) is 0 Å². The third kappa shape index (κ3) is 13.0. The summed E-state index contributed by atoms with van der Waals surface area (Å²) in [6.45, 7) is 8.71. The number of amides is 1. The van der Waals surface area contributed by atoms with Gasteiger partial charge in [-0.05, 0) is 45.5 Å². The molecule has 46 heavy (non-hydrogen) atoms. The molecule has 4 heterocycles. The number of rotatable bonds is 3. The van der Waals surface area contributed by atoms with E-state index in [1.165, 1.54) is 0 Å². The molecule has 0 bridgehead atoms. The summed E-state index contributed by atoms with van der Waals surface area (Å²) in [7, 11) is 4.27. The molecular formula is C25H33F9N4O8. The fraction of sp³-hybridized carbons (Fsp3) is 0.680. The van der Waals surface area contributed by atoms with Gasteiger partial charge < -0.3 is 29.5 Å². The van der Waals surface area contributed by atoms with Gasteiger partial charge in [-0.15, -0.1) is 0 Å². The summed E-state index contributed by atoms with van der Waals surface area (Å²) in [4.78, 5) is 48.8. The van der Waals surface area contributed by atoms with Gasteiger partial charge in [0.1, 0.15) is 11.5 Å². The molecule has 21 heteroatoms. The number of carboxylic acids is 3. The van der Waals surface area contributed by atoms with Crippen molar-refractivity contribution < 1.29 is 78.4 Å². The highest BCUT2D eigenvalue weighted by atomic mass is 19.4. The minimum atomic E-state index is -5.08. The molecule has 3 fully saturated rings. The Labute approximate surface area is 255 Å². The van der Waals surface area contributed by atoms with Crippen molar-refractivity contribution in [2.24, 2.45) is 5.92 Å². The van der Waals surface area contributed by atoms with Gasteiger partial charge in [-0.2, -0.15) is 39.5 Å². The number of alkyl halides is 9. The molecule has 3 aliphatic heterocycles. The fourth-order valence-corrected chi connectivity index (χ4v) is 4.75. The number of piperazine rings is 1. The first-order valence-corrected chi connectivity index (χ1v) is 13.2. The normalized spacial score (nSPS) is 22.3. The molecule has 4 rings (SSSR count). The van der Waals surface area contributed by atoms with E-state index in [2.05, 4.69) is 39.8 Å². The van der Waals surface area contributed by atoms with Crippen molar-refractivity contribution in [2.45, 2.75) is 50.5 Å². The summed E-state index contributed by atoms with van der Waals surface area (Å²) in [5, 5.41) is 21.4. The molecule has 0 spiro atoms. The molecule has 3 N–H and O–H groups in total. The van der Waals surface area contributed by atoms with E-state index >= 15 is 0 Å². The van der Waals surface area contributed by atoms with Gasteiger partial charge in [0, 0.05) is 45.3 Å². The summed E-state index contributed by atoms with van der Waals surface area (Å²) in [5.41, 5.74) is 0. The summed E-state index contributed by atoms with van der Waals surface area (Å²) in [6, 6.07) is 4.68. The molecule has 1 aromatic heterocycles. The number of carbonyl (C=O) groups excluding carboxylic acids is 1. The molecule has 12 nitrogen and oxygen atoms in total. The smallest absolute Gasteiger partial charge is 0.475 e. The van der Waals surface area contributed by atoms with E-state index in [9.17, 15) is 44.3 Å². The molecule has 0 radical (unpaired) electrons. The van der Waals surface area contributed by atoms with Crippen LogP contribution in [0.15, 0.2) is 16.5 Å². The standard InChI is InChI=1S/C19H30N4O2.3C2HF3O2/c1-14-4-5-16(25-14)12-22-11-15-10-17(21(3)18(15)13-22)19(24)23-8-6-20(2)7-9-23;3*3-2(4,5)1(6)7/h4-5,15,17-18H,6-13H2,1-3H3;3*(H,6,7)/t15-,17-,18+;;;/m1.../s1. The van der Waals surface area contributed by atoms with Gasteiger partial charge in [0.25, 0.3) is 0 Å². The Morgan fingerprint density at radius 2 is 1.22 bits per heavy atom. The van der Waals surface area contributed by atoms with Crippen LogP contribution in [-0.4, -0.2) is 143 Å². The summed E-state index contributed by atoms with van der Waals surface area (Å²) >= 11 is 0. The van der Waals surface area contributed by atoms with Gasteiger partial charge in [0.15, 0.2) is 0 Å². The first kappa shape index (κ1) is 40.4. The van der Waals surface area contributed by atoms with E-state index in [1.807, 2.05) is 13.0 Å². The van der Waals surface area contributed by atoms with Crippen molar-refractivity contribution in [2.75, 3.05) is 53.4 Å². The molecular weight excluding hydrogens is 655 g/mol. The van der Waals surface area contributed by atoms with E-state index in [0.29, 0.717) is 17.9 Å². The van der Waals surface area contributed by atoms with Gasteiger partial charge >= 0.3 is 36.4 Å². The van der Waals surface area contributed by atoms with Crippen LogP contribution >= 0.6 is 0 Å². The maximum absolute atomic E-state index is 13.0. The number of likely N-dealkylation sites (N-methyl/N-ethyl adjacent to an activating group) is 2. The number of hydrogen-bond donors (Lipinski definition) is 3. The minimum Gasteiger partial charge on any atom is -0.475 e. The fourth-order valence-electron chi connectivity index (χ4n) is 4.75. The highest BCUT2D eigenvalue weighted by Gasteiger charge is 2.48. The number of carbonyl (C=O) groups is 4. The summed E-state index contributed by atoms with van der Waals surface area (Å²) in [5.74, 6) is -5.30. The molecule has 0 aromatic carbocycles. The SMILES string of the molecule is Cc1ccc(CN2C[C@H]3C[C@H](C(=O)N4CCN(C)CC4)N(C)[C@H]3C2)o1.O=C(O)C(F)(F)F.O=C(O)C(F)(F)F.O=C(O)C(F)(F)F. The molecule has 0 unspecified atom stereocenters. The lowest BCUT2D eigenvalue weighted by Crippen LogP contribution is -2.53. The highest BCUT2D eigenvalue weighted by molar-refractivity contribution is 5.82. The first-order chi connectivity index (χ1) is 20.8. The van der Waals surface area contributed by atoms with Crippen molar-refractivity contribution in [1.29, 1.82) is 0 Å². The van der Waals surface area contributed by atoms with Crippen LogP contribution in [-0.2, 0) is 25.7 Å². The zero-order valence-corrected chi connectivity index (χ0v) is 24.6. The quantitative estimate of drug-likeness (QED) is 0.402. The van der Waals surface area contributed by atoms with Gasteiger partial charge in [0.2, 0.25) is 5.91 Å². The number of aryl methyl sites for hydroxylation is 1. The molecule has 0 aliphatic carbocycles. The second-order valence-corrected chi connectivity index (χ2v) is 10.5. The van der Waals surface area contributed by atoms with Crippen LogP contribution in [0.4, 0.5) is 39.5 Å². The number of halogens is 9. The lowest BCUT2D eigenvalue weighted by molar-refractivity contribution is -0.193. The summed E-state index contributed by atoms with van der Waals surface area (Å²) in [6.07, 6.45) is -14.2. The van der Waals surface area contributed by atoms with Crippen molar-refractivity contribution in [1.82, 2.24) is 19.6 Å². The van der Waals surface area contributed by atoms with Gasteiger partial charge in [-0.3, -0.25) is 14.6 Å². The number of fused-ring (bicyclic) bond motifs is 1. The maximum Gasteiger partial charge on any atom is 0.490 e. The molecule has 1 amide bonds. The zero-order chi connectivity index (χ0) is 35.8. The molecule has 1 aromatic rings. The average Bonchev–Trinajstić information content (AvgIpc) is 3.59. The summed E-state index contributed by atoms with van der Waals surface area (Å²) < 4.78 is 101. The predicted molar refractivity (Wildman–Crippen MR) is 137 cm³/mol. The number of furan rings is 1. The third-order valence-corrected chi connectivity index (χ3v) is 7.03. The molecule has 3 aliphatic rings. The average molecular weight is 689 g/mol. The Kier molecular flexibility index (Phi) is 14.3. The highest BCUT2D eigenvalue weighted by Crippen LogP contribution is 2.36. The number of aliphatic carboxylic acids is 3. The Bertz CT molecular complexity index is 1120. The van der Waals surface area contributed by atoms with E-state index in [4.69, 9.17) is 34.1 Å². The van der Waals surface area contributed by atoms with Crippen molar-refractivity contribution in [3.63, 3.8) is 0 Å². The third-order valence-electron chi connectivity index (χ3n) is 7.03. The van der Waals surface area contributed by atoms with Crippen molar-refractivity contribution >= 4 is 23.8 Å². The van der Waals surface area contributed by atoms with Crippen molar-refractivity contribution in [3.05, 3.63) is 23.7 Å². The lowest BCUT2D eigenvalue weighted by atomic mass is 10.0. The van der Waals surface area contributed by atoms with Crippen LogP contribution in [0.3, 0.4) is 0 Å². The van der Waals surface area contributed by atoms with Crippen LogP contribution in [0, 0.1) is 12.8 Å². The molecule has 264 valence electrons. The second-order valence-electron chi connectivity index (χ2n) is 10.5. The van der Waals surface area contributed by atoms with Gasteiger partial charge in [-0.1, -0.05) is 0 Å². The molecule has 3 atom stereocenters. The Morgan fingerprint density at radius 3 is 1.57 bits per heavy atom. The number of carboxylic acid groups (broad SMARTS) is 3. The Hall–Kier alpha value is -3.59. The topological polar surface area (TPSA) is 155 Å². The Balaban J connectivity index is 0.000000413. The van der Waals surface area contributed by atoms with E-state index in [-0.39, 0.29) is 6.04 Å². The van der Waals surface area contributed by atoms with E-state index < -0.39 is 36.4 Å². The molecule has 0 saturated carbocycles. The lowest BCUT2D eigenvalue weighted by Gasteiger charge is -2.36. The maximum atomic E-state index is 13.0. The second kappa shape index (κ2) is 16.3. The molecule has 3 saturated heterocycles. The van der Waals surface area contributed by atoms with Crippen LogP contribution in [0.2, 0.25) is 0 Å². The zero-order valence-electron chi connectivity index (χ0n) is 24.6. The van der Waals surface area contributed by atoms with Crippen molar-refractivity contribution in [3.8, 4) is 0 Å². The predicted octanol–water partition coefficient (Wildman–Crippen LogP) is 2.77. The van der Waals surface area contributed by atoms with Crippen LogP contribution in [0.1, 0.15) is 17.9 Å². The largest absolute Gasteiger partial charge is 0.490 e. The van der Waals surface area contributed by atoms with Gasteiger partial charge in [-0.25, -0.2) is 14.4 Å².